The Balaban J connectivity index is 1.78. The smallest absolute Gasteiger partial charge is 0.327 e. The molecule has 0 saturated carbocycles. The maximum absolute atomic E-state index is 10.4. The van der Waals surface area contributed by atoms with Crippen molar-refractivity contribution < 1.29 is 19.7 Å². The van der Waals surface area contributed by atoms with Crippen LogP contribution in [0.3, 0.4) is 0 Å². The summed E-state index contributed by atoms with van der Waals surface area (Å²) < 4.78 is 6.09. The van der Waals surface area contributed by atoms with Crippen molar-refractivity contribution in [2.45, 2.75) is 76.6 Å². The standard InChI is InChI=1S/C19H30O4/c1-2-7-14(20)10-11-16-15(17-12-13-18(16)23-17)8-5-3-4-6-9-19(21)22/h3,5-6,9,14-18,20H,2,4,7-8,10-13H2,1H3,(H,21,22)/b5-3-,9-6+/t14?,15-,16+,17-,18+/m0/s1. The van der Waals surface area contributed by atoms with E-state index < -0.39 is 5.97 Å². The van der Waals surface area contributed by atoms with E-state index >= 15 is 0 Å². The number of aliphatic carboxylic acids is 1. The fourth-order valence-corrected chi connectivity index (χ4v) is 4.06. The fraction of sp³-hybridized carbons (Fsp3) is 0.737. The lowest BCUT2D eigenvalue weighted by Gasteiger charge is -2.28. The van der Waals surface area contributed by atoms with Gasteiger partial charge in [-0.2, -0.15) is 0 Å². The van der Waals surface area contributed by atoms with E-state index in [0.29, 0.717) is 30.5 Å². The van der Waals surface area contributed by atoms with Crippen LogP contribution in [-0.2, 0) is 9.53 Å². The molecule has 23 heavy (non-hydrogen) atoms. The molecule has 0 aliphatic carbocycles. The number of fused-ring (bicyclic) bond motifs is 2. The minimum Gasteiger partial charge on any atom is -0.478 e. The second-order valence-electron chi connectivity index (χ2n) is 6.82. The van der Waals surface area contributed by atoms with Crippen molar-refractivity contribution >= 4 is 5.97 Å². The minimum absolute atomic E-state index is 0.170. The monoisotopic (exact) mass is 322 g/mol. The van der Waals surface area contributed by atoms with Crippen molar-refractivity contribution in [2.75, 3.05) is 0 Å². The van der Waals surface area contributed by atoms with Crippen molar-refractivity contribution in [1.82, 2.24) is 0 Å². The van der Waals surface area contributed by atoms with Crippen LogP contribution in [0.1, 0.15) is 58.3 Å². The van der Waals surface area contributed by atoms with Gasteiger partial charge in [0.2, 0.25) is 0 Å². The predicted molar refractivity (Wildman–Crippen MR) is 90.2 cm³/mol. The van der Waals surface area contributed by atoms with Crippen molar-refractivity contribution in [3.63, 3.8) is 0 Å². The van der Waals surface area contributed by atoms with Crippen LogP contribution in [0.4, 0.5) is 0 Å². The lowest BCUT2D eigenvalue weighted by atomic mass is 9.75. The second kappa shape index (κ2) is 9.24. The van der Waals surface area contributed by atoms with Gasteiger partial charge in [-0.25, -0.2) is 4.79 Å². The van der Waals surface area contributed by atoms with Crippen LogP contribution in [0, 0.1) is 11.8 Å². The molecule has 2 saturated heterocycles. The Morgan fingerprint density at radius 2 is 1.91 bits per heavy atom. The first-order valence-corrected chi connectivity index (χ1v) is 8.99. The predicted octanol–water partition coefficient (Wildman–Crippen LogP) is 3.70. The number of hydrogen-bond acceptors (Lipinski definition) is 3. The van der Waals surface area contributed by atoms with E-state index in [4.69, 9.17) is 9.84 Å². The lowest BCUT2D eigenvalue weighted by Crippen LogP contribution is -2.27. The first-order valence-electron chi connectivity index (χ1n) is 8.99. The molecule has 2 fully saturated rings. The topological polar surface area (TPSA) is 66.8 Å². The average Bonchev–Trinajstić information content (AvgIpc) is 3.10. The summed E-state index contributed by atoms with van der Waals surface area (Å²) >= 11 is 0. The SMILES string of the molecule is CCCC(O)CC[C@@H]1[C@H](C/C=C\C/C=C/C(=O)O)[C@@H]2CC[C@H]1O2. The molecule has 2 rings (SSSR count). The number of allylic oxidation sites excluding steroid dienone is 3. The Bertz CT molecular complexity index is 429. The summed E-state index contributed by atoms with van der Waals surface area (Å²) in [6, 6.07) is 0. The number of carboxylic acids is 1. The van der Waals surface area contributed by atoms with Crippen molar-refractivity contribution in [3.8, 4) is 0 Å². The molecule has 4 heteroatoms. The summed E-state index contributed by atoms with van der Waals surface area (Å²) in [5.41, 5.74) is 0. The zero-order valence-corrected chi connectivity index (χ0v) is 14.1. The van der Waals surface area contributed by atoms with Gasteiger partial charge in [-0.1, -0.05) is 31.6 Å². The number of rotatable bonds is 10. The minimum atomic E-state index is -0.898. The van der Waals surface area contributed by atoms with Crippen molar-refractivity contribution in [2.24, 2.45) is 11.8 Å². The van der Waals surface area contributed by atoms with Gasteiger partial charge < -0.3 is 14.9 Å². The maximum atomic E-state index is 10.4. The Morgan fingerprint density at radius 3 is 2.61 bits per heavy atom. The van der Waals surface area contributed by atoms with Crippen LogP contribution in [0.15, 0.2) is 24.3 Å². The number of ether oxygens (including phenoxy) is 1. The molecule has 2 aliphatic heterocycles. The molecule has 1 unspecified atom stereocenters. The summed E-state index contributed by atoms with van der Waals surface area (Å²) in [5, 5.41) is 18.5. The van der Waals surface area contributed by atoms with Crippen molar-refractivity contribution in [1.29, 1.82) is 0 Å². The van der Waals surface area contributed by atoms with Gasteiger partial charge in [-0.15, -0.1) is 0 Å². The molecule has 4 nitrogen and oxygen atoms in total. The normalized spacial score (nSPS) is 31.4. The molecule has 0 aromatic carbocycles. The first-order chi connectivity index (χ1) is 11.1. The van der Waals surface area contributed by atoms with Gasteiger partial charge in [-0.3, -0.25) is 0 Å². The molecular formula is C19H30O4. The summed E-state index contributed by atoms with van der Waals surface area (Å²) in [4.78, 5) is 10.4. The van der Waals surface area contributed by atoms with Gasteiger partial charge in [-0.05, 0) is 56.8 Å². The number of aliphatic hydroxyl groups excluding tert-OH is 1. The van der Waals surface area contributed by atoms with E-state index in [9.17, 15) is 9.90 Å². The summed E-state index contributed by atoms with van der Waals surface area (Å²) in [7, 11) is 0. The molecule has 0 aromatic rings. The zero-order valence-electron chi connectivity index (χ0n) is 14.1. The van der Waals surface area contributed by atoms with Gasteiger partial charge in [0.1, 0.15) is 0 Å². The molecule has 5 atom stereocenters. The highest BCUT2D eigenvalue weighted by Crippen LogP contribution is 2.47. The van der Waals surface area contributed by atoms with E-state index in [2.05, 4.69) is 13.0 Å². The van der Waals surface area contributed by atoms with Crippen LogP contribution in [0.2, 0.25) is 0 Å². The summed E-state index contributed by atoms with van der Waals surface area (Å²) in [5.74, 6) is 0.229. The number of aliphatic hydroxyl groups is 1. The first kappa shape index (κ1) is 18.2. The molecule has 2 N–H and O–H groups in total. The molecule has 2 bridgehead atoms. The summed E-state index contributed by atoms with van der Waals surface area (Å²) in [6.07, 6.45) is 15.5. The van der Waals surface area contributed by atoms with Crippen LogP contribution < -0.4 is 0 Å². The van der Waals surface area contributed by atoms with Gasteiger partial charge in [0.05, 0.1) is 18.3 Å². The highest BCUT2D eigenvalue weighted by atomic mass is 16.5. The van der Waals surface area contributed by atoms with E-state index in [1.807, 2.05) is 6.08 Å². The third-order valence-corrected chi connectivity index (χ3v) is 5.15. The van der Waals surface area contributed by atoms with Gasteiger partial charge >= 0.3 is 5.97 Å². The fourth-order valence-electron chi connectivity index (χ4n) is 4.06. The molecule has 2 aliphatic rings. The molecule has 130 valence electrons. The molecule has 0 spiro atoms. The molecular weight excluding hydrogens is 292 g/mol. The van der Waals surface area contributed by atoms with Crippen LogP contribution >= 0.6 is 0 Å². The van der Waals surface area contributed by atoms with Gasteiger partial charge in [0.15, 0.2) is 0 Å². The second-order valence-corrected chi connectivity index (χ2v) is 6.82. The Hall–Kier alpha value is -1.13. The molecule has 0 radical (unpaired) electrons. The Morgan fingerprint density at radius 1 is 1.17 bits per heavy atom. The highest BCUT2D eigenvalue weighted by molar-refractivity contribution is 5.79. The van der Waals surface area contributed by atoms with E-state index in [1.165, 1.54) is 12.5 Å². The summed E-state index contributed by atoms with van der Waals surface area (Å²) in [6.45, 7) is 2.11. The van der Waals surface area contributed by atoms with Crippen LogP contribution in [0.25, 0.3) is 0 Å². The quantitative estimate of drug-likeness (QED) is 0.475. The van der Waals surface area contributed by atoms with Crippen LogP contribution in [0.5, 0.6) is 0 Å². The maximum Gasteiger partial charge on any atom is 0.327 e. The van der Waals surface area contributed by atoms with E-state index in [-0.39, 0.29) is 6.10 Å². The molecule has 0 aromatic heterocycles. The van der Waals surface area contributed by atoms with Gasteiger partial charge in [0, 0.05) is 6.08 Å². The average molecular weight is 322 g/mol. The largest absolute Gasteiger partial charge is 0.478 e. The van der Waals surface area contributed by atoms with Crippen molar-refractivity contribution in [3.05, 3.63) is 24.3 Å². The van der Waals surface area contributed by atoms with Gasteiger partial charge in [0.25, 0.3) is 0 Å². The van der Waals surface area contributed by atoms with Crippen LogP contribution in [-0.4, -0.2) is 34.5 Å². The number of carbonyl (C=O) groups is 1. The molecule has 2 heterocycles. The zero-order chi connectivity index (χ0) is 16.7. The van der Waals surface area contributed by atoms with E-state index in [0.717, 1.165) is 38.5 Å². The lowest BCUT2D eigenvalue weighted by molar-refractivity contribution is -0.131. The van der Waals surface area contributed by atoms with E-state index in [1.54, 1.807) is 6.08 Å². The molecule has 0 amide bonds. The number of hydrogen-bond donors (Lipinski definition) is 2. The Labute approximate surface area is 139 Å². The third-order valence-electron chi connectivity index (χ3n) is 5.15. The highest BCUT2D eigenvalue weighted by Gasteiger charge is 2.47. The number of carboxylic acid groups (broad SMARTS) is 1. The Kier molecular flexibility index (Phi) is 7.31. The third kappa shape index (κ3) is 5.47.